The molecule has 8 nitrogen and oxygen atoms in total. The van der Waals surface area contributed by atoms with Gasteiger partial charge in [-0.05, 0) is 6.42 Å². The van der Waals surface area contributed by atoms with Crippen molar-refractivity contribution >= 4 is 11.9 Å². The summed E-state index contributed by atoms with van der Waals surface area (Å²) in [6.45, 7) is 2.83. The zero-order chi connectivity index (χ0) is 15.8. The minimum Gasteiger partial charge on any atom is -0.478 e. The Morgan fingerprint density at radius 1 is 1.25 bits per heavy atom. The van der Waals surface area contributed by atoms with Crippen LogP contribution in [0.2, 0.25) is 0 Å². The third kappa shape index (κ3) is 18.9. The molecule has 0 aliphatic rings. The number of carbonyl (C=O) groups excluding carboxylic acids is 1. The van der Waals surface area contributed by atoms with E-state index in [9.17, 15) is 9.59 Å². The quantitative estimate of drug-likeness (QED) is 0.226. The summed E-state index contributed by atoms with van der Waals surface area (Å²) in [5.74, 6) is -1.84. The highest BCUT2D eigenvalue weighted by Crippen LogP contribution is 1.89. The lowest BCUT2D eigenvalue weighted by molar-refractivity contribution is -0.139. The van der Waals surface area contributed by atoms with Crippen molar-refractivity contribution in [1.82, 2.24) is 0 Å². The van der Waals surface area contributed by atoms with Crippen molar-refractivity contribution in [2.45, 2.75) is 19.6 Å². The van der Waals surface area contributed by atoms with Crippen molar-refractivity contribution in [3.63, 3.8) is 0 Å². The summed E-state index contributed by atoms with van der Waals surface area (Å²) >= 11 is 0. The smallest absolute Gasteiger partial charge is 0.330 e. The predicted molar refractivity (Wildman–Crippen MR) is 68.9 cm³/mol. The summed E-state index contributed by atoms with van der Waals surface area (Å²) in [5, 5.41) is 25.2. The first-order valence-corrected chi connectivity index (χ1v) is 5.95. The molecule has 0 radical (unpaired) electrons. The van der Waals surface area contributed by atoms with E-state index in [4.69, 9.17) is 24.8 Å². The Morgan fingerprint density at radius 3 is 2.35 bits per heavy atom. The molecule has 1 unspecified atom stereocenters. The summed E-state index contributed by atoms with van der Waals surface area (Å²) in [7, 11) is 1.18. The topological polar surface area (TPSA) is 123 Å². The minimum atomic E-state index is -1.17. The fourth-order valence-electron chi connectivity index (χ4n) is 0.758. The summed E-state index contributed by atoms with van der Waals surface area (Å²) in [5.41, 5.74) is 0. The molecule has 0 rings (SSSR count). The van der Waals surface area contributed by atoms with Crippen LogP contribution in [0.1, 0.15) is 13.3 Å². The van der Waals surface area contributed by atoms with Gasteiger partial charge in [-0.15, -0.1) is 0 Å². The van der Waals surface area contributed by atoms with E-state index in [1.807, 2.05) is 6.92 Å². The van der Waals surface area contributed by atoms with Crippen LogP contribution < -0.4 is 0 Å². The van der Waals surface area contributed by atoms with Crippen LogP contribution >= 0.6 is 0 Å². The van der Waals surface area contributed by atoms with Crippen LogP contribution in [0.15, 0.2) is 12.2 Å². The molecule has 0 aliphatic carbocycles. The zero-order valence-electron chi connectivity index (χ0n) is 11.7. The zero-order valence-corrected chi connectivity index (χ0v) is 11.7. The van der Waals surface area contributed by atoms with E-state index in [2.05, 4.69) is 4.74 Å². The molecule has 20 heavy (non-hydrogen) atoms. The lowest BCUT2D eigenvalue weighted by atomic mass is 10.5. The molecule has 0 fully saturated rings. The van der Waals surface area contributed by atoms with Crippen LogP contribution in [0, 0.1) is 0 Å². The standard InChI is InChI=1S/C7H16O4.C5H6O4/c1-2-4-11-7(9)6-10-5-3-8;1-9-5(8)3-2-4(6)7/h7-9H,2-6H2,1H3;2-3H,1H3,(H,6,7)/b;3-2+. The van der Waals surface area contributed by atoms with Crippen LogP contribution in [0.25, 0.3) is 0 Å². The molecule has 0 spiro atoms. The van der Waals surface area contributed by atoms with Gasteiger partial charge >= 0.3 is 11.9 Å². The van der Waals surface area contributed by atoms with E-state index in [-0.39, 0.29) is 19.8 Å². The molecule has 0 saturated heterocycles. The monoisotopic (exact) mass is 294 g/mol. The fraction of sp³-hybridized carbons (Fsp3) is 0.667. The highest BCUT2D eigenvalue weighted by atomic mass is 16.6. The Hall–Kier alpha value is -1.48. The number of aliphatic hydroxyl groups excluding tert-OH is 2. The van der Waals surface area contributed by atoms with E-state index < -0.39 is 18.2 Å². The molecule has 3 N–H and O–H groups in total. The minimum absolute atomic E-state index is 0.0273. The number of hydrogen-bond acceptors (Lipinski definition) is 7. The molecule has 0 saturated carbocycles. The number of ether oxygens (including phenoxy) is 3. The molecule has 0 heterocycles. The molecule has 0 aromatic carbocycles. The number of hydrogen-bond donors (Lipinski definition) is 3. The van der Waals surface area contributed by atoms with Gasteiger partial charge in [-0.1, -0.05) is 6.92 Å². The number of methoxy groups -OCH3 is 1. The average Bonchev–Trinajstić information content (AvgIpc) is 2.43. The van der Waals surface area contributed by atoms with Gasteiger partial charge in [-0.3, -0.25) is 0 Å². The Kier molecular flexibility index (Phi) is 16.2. The van der Waals surface area contributed by atoms with E-state index in [0.717, 1.165) is 12.5 Å². The first kappa shape index (κ1) is 20.8. The molecular formula is C12H22O8. The summed E-state index contributed by atoms with van der Waals surface area (Å²) in [4.78, 5) is 19.9. The van der Waals surface area contributed by atoms with Crippen LogP contribution in [-0.4, -0.2) is 67.1 Å². The van der Waals surface area contributed by atoms with Crippen molar-refractivity contribution in [3.05, 3.63) is 12.2 Å². The van der Waals surface area contributed by atoms with Crippen molar-refractivity contribution in [1.29, 1.82) is 0 Å². The number of aliphatic carboxylic acids is 1. The molecule has 0 aliphatic heterocycles. The Morgan fingerprint density at radius 2 is 1.90 bits per heavy atom. The highest BCUT2D eigenvalue weighted by molar-refractivity contribution is 5.90. The van der Waals surface area contributed by atoms with Gasteiger partial charge in [-0.2, -0.15) is 0 Å². The summed E-state index contributed by atoms with van der Waals surface area (Å²) in [6.07, 6.45) is 1.56. The molecule has 1 atom stereocenters. The fourth-order valence-corrected chi connectivity index (χ4v) is 0.758. The second kappa shape index (κ2) is 15.6. The normalized spacial score (nSPS) is 11.6. The van der Waals surface area contributed by atoms with Gasteiger partial charge < -0.3 is 29.5 Å². The first-order valence-electron chi connectivity index (χ1n) is 5.95. The van der Waals surface area contributed by atoms with Crippen LogP contribution in [0.3, 0.4) is 0 Å². The highest BCUT2D eigenvalue weighted by Gasteiger charge is 2.01. The molecule has 0 bridgehead atoms. The Balaban J connectivity index is 0. The molecule has 0 amide bonds. The number of carboxylic acids is 1. The third-order valence-electron chi connectivity index (χ3n) is 1.57. The molecule has 0 aromatic rings. The molecule has 8 heteroatoms. The van der Waals surface area contributed by atoms with Crippen molar-refractivity contribution in [2.24, 2.45) is 0 Å². The van der Waals surface area contributed by atoms with Gasteiger partial charge in [-0.25, -0.2) is 9.59 Å². The van der Waals surface area contributed by atoms with Crippen molar-refractivity contribution < 1.29 is 39.1 Å². The van der Waals surface area contributed by atoms with Gasteiger partial charge in [0.2, 0.25) is 0 Å². The van der Waals surface area contributed by atoms with Gasteiger partial charge in [0.25, 0.3) is 0 Å². The maximum atomic E-state index is 10.1. The molecular weight excluding hydrogens is 272 g/mol. The van der Waals surface area contributed by atoms with E-state index in [1.165, 1.54) is 7.11 Å². The first-order chi connectivity index (χ1) is 9.47. The van der Waals surface area contributed by atoms with Crippen molar-refractivity contribution in [2.75, 3.05) is 33.5 Å². The van der Waals surface area contributed by atoms with Crippen molar-refractivity contribution in [3.8, 4) is 0 Å². The Bertz CT molecular complexity index is 277. The molecule has 0 aromatic heterocycles. The average molecular weight is 294 g/mol. The number of carboxylic acid groups (broad SMARTS) is 1. The SMILES string of the molecule is CCCOC(O)COCCO.COC(=O)/C=C/C(=O)O. The summed E-state index contributed by atoms with van der Waals surface area (Å²) < 4.78 is 13.8. The Labute approximate surface area is 117 Å². The number of rotatable bonds is 9. The van der Waals surface area contributed by atoms with Gasteiger partial charge in [0.05, 0.1) is 26.9 Å². The summed E-state index contributed by atoms with van der Waals surface area (Å²) in [6, 6.07) is 0. The molecule has 118 valence electrons. The number of aliphatic hydroxyl groups is 2. The van der Waals surface area contributed by atoms with Gasteiger partial charge in [0, 0.05) is 18.8 Å². The van der Waals surface area contributed by atoms with Gasteiger partial charge in [0.15, 0.2) is 6.29 Å². The second-order valence-corrected chi connectivity index (χ2v) is 3.32. The third-order valence-corrected chi connectivity index (χ3v) is 1.57. The largest absolute Gasteiger partial charge is 0.478 e. The van der Waals surface area contributed by atoms with Crippen LogP contribution in [0.4, 0.5) is 0 Å². The van der Waals surface area contributed by atoms with E-state index >= 15 is 0 Å². The van der Waals surface area contributed by atoms with Gasteiger partial charge in [0.1, 0.15) is 0 Å². The lowest BCUT2D eigenvalue weighted by Gasteiger charge is -2.10. The van der Waals surface area contributed by atoms with Crippen LogP contribution in [-0.2, 0) is 23.8 Å². The lowest BCUT2D eigenvalue weighted by Crippen LogP contribution is -2.20. The predicted octanol–water partition coefficient (Wildman–Crippen LogP) is -0.459. The maximum Gasteiger partial charge on any atom is 0.330 e. The number of carbonyl (C=O) groups is 2. The maximum absolute atomic E-state index is 10.1. The van der Waals surface area contributed by atoms with E-state index in [0.29, 0.717) is 12.7 Å². The van der Waals surface area contributed by atoms with E-state index in [1.54, 1.807) is 0 Å². The van der Waals surface area contributed by atoms with Crippen LogP contribution in [0.5, 0.6) is 0 Å². The number of esters is 1. The second-order valence-electron chi connectivity index (χ2n) is 3.32.